The smallest absolute Gasteiger partial charge is 0.416 e. The first-order valence-corrected chi connectivity index (χ1v) is 9.27. The Morgan fingerprint density at radius 1 is 0.750 bits per heavy atom. The lowest BCUT2D eigenvalue weighted by molar-refractivity contribution is -0.137. The number of hydrogen-bond donors (Lipinski definition) is 0. The largest absolute Gasteiger partial charge is 0.494 e. The Hall–Kier alpha value is -2.05. The van der Waals surface area contributed by atoms with Crippen LogP contribution in [0, 0.1) is 0 Å². The van der Waals surface area contributed by atoms with Crippen LogP contribution in [-0.2, 0) is 6.18 Å². The summed E-state index contributed by atoms with van der Waals surface area (Å²) in [5.41, 5.74) is -0.691. The Morgan fingerprint density at radius 3 is 1.61 bits per heavy atom. The maximum atomic E-state index is 12.5. The van der Waals surface area contributed by atoms with Gasteiger partial charge in [-0.25, -0.2) is 0 Å². The summed E-state index contributed by atoms with van der Waals surface area (Å²) < 4.78 is 54.1. The van der Waals surface area contributed by atoms with Crippen LogP contribution in [0.5, 0.6) is 17.2 Å². The molecule has 0 bridgehead atoms. The zero-order valence-electron chi connectivity index (χ0n) is 14.8. The third kappa shape index (κ3) is 8.31. The van der Waals surface area contributed by atoms with E-state index in [-0.39, 0.29) is 11.1 Å². The zero-order valence-corrected chi connectivity index (χ0v) is 16.4. The number of ether oxygens (including phenoxy) is 3. The second-order valence-corrected chi connectivity index (χ2v) is 6.71. The molecule has 0 aliphatic heterocycles. The predicted molar refractivity (Wildman–Crippen MR) is 103 cm³/mol. The second-order valence-electron chi connectivity index (χ2n) is 5.70. The van der Waals surface area contributed by atoms with Crippen LogP contribution in [0.15, 0.2) is 59.1 Å². The molecular weight excluding hydrogens is 416 g/mol. The van der Waals surface area contributed by atoms with E-state index in [0.717, 1.165) is 18.6 Å². The topological polar surface area (TPSA) is 27.7 Å². The minimum atomic E-state index is -4.34. The molecule has 2 aromatic carbocycles. The summed E-state index contributed by atoms with van der Waals surface area (Å²) >= 11 is 11.0. The molecule has 0 aliphatic rings. The maximum Gasteiger partial charge on any atom is 0.416 e. The van der Waals surface area contributed by atoms with Crippen LogP contribution in [0.25, 0.3) is 0 Å². The van der Waals surface area contributed by atoms with E-state index in [0.29, 0.717) is 36.9 Å². The molecule has 0 saturated carbocycles. The van der Waals surface area contributed by atoms with Gasteiger partial charge in [0.1, 0.15) is 28.3 Å². The first kappa shape index (κ1) is 22.2. The first-order valence-electron chi connectivity index (χ1n) is 8.51. The number of hydrogen-bond acceptors (Lipinski definition) is 3. The van der Waals surface area contributed by atoms with Crippen molar-refractivity contribution in [2.45, 2.75) is 19.0 Å². The Labute approximate surface area is 171 Å². The quantitative estimate of drug-likeness (QED) is 0.392. The number of unbranched alkanes of at least 4 members (excludes halogenated alkanes) is 1. The van der Waals surface area contributed by atoms with E-state index in [9.17, 15) is 13.2 Å². The summed E-state index contributed by atoms with van der Waals surface area (Å²) in [7, 11) is 0. The van der Waals surface area contributed by atoms with Gasteiger partial charge >= 0.3 is 6.18 Å². The Morgan fingerprint density at radius 2 is 1.18 bits per heavy atom. The minimum Gasteiger partial charge on any atom is -0.494 e. The average molecular weight is 435 g/mol. The molecule has 8 heteroatoms. The van der Waals surface area contributed by atoms with Gasteiger partial charge in [-0.1, -0.05) is 23.2 Å². The van der Waals surface area contributed by atoms with Crippen molar-refractivity contribution in [1.29, 1.82) is 0 Å². The molecule has 0 radical (unpaired) electrons. The van der Waals surface area contributed by atoms with E-state index >= 15 is 0 Å². The highest BCUT2D eigenvalue weighted by Crippen LogP contribution is 2.30. The van der Waals surface area contributed by atoms with Crippen LogP contribution < -0.4 is 14.2 Å². The Balaban J connectivity index is 1.60. The Bertz CT molecular complexity index is 741. The zero-order chi connectivity index (χ0) is 20.4. The highest BCUT2D eigenvalue weighted by Gasteiger charge is 2.29. The van der Waals surface area contributed by atoms with Crippen molar-refractivity contribution in [3.05, 3.63) is 64.7 Å². The molecule has 28 heavy (non-hydrogen) atoms. The Kier molecular flexibility index (Phi) is 8.80. The van der Waals surface area contributed by atoms with Crippen LogP contribution in [0.2, 0.25) is 0 Å². The van der Waals surface area contributed by atoms with Gasteiger partial charge in [0.25, 0.3) is 0 Å². The van der Waals surface area contributed by atoms with Gasteiger partial charge in [-0.3, -0.25) is 0 Å². The van der Waals surface area contributed by atoms with Gasteiger partial charge in [0.2, 0.25) is 0 Å². The van der Waals surface area contributed by atoms with Crippen molar-refractivity contribution in [3.8, 4) is 17.2 Å². The molecule has 0 aromatic heterocycles. The number of halogens is 5. The summed E-state index contributed by atoms with van der Waals surface area (Å²) in [6.07, 6.45) is -1.33. The standard InChI is InChI=1S/C20H19Cl2F3O3/c21-19(22)11-14-28-18-9-7-17(8-10-18)27-13-2-1-12-26-16-5-3-15(4-6-16)20(23,24)25/h3-11H,1-2,12-14H2. The van der Waals surface area contributed by atoms with Crippen molar-refractivity contribution in [2.75, 3.05) is 19.8 Å². The van der Waals surface area contributed by atoms with Crippen LogP contribution in [0.3, 0.4) is 0 Å². The average Bonchev–Trinajstić information content (AvgIpc) is 2.65. The van der Waals surface area contributed by atoms with E-state index in [1.54, 1.807) is 30.3 Å². The van der Waals surface area contributed by atoms with Gasteiger partial charge in [0.05, 0.1) is 18.8 Å². The summed E-state index contributed by atoms with van der Waals surface area (Å²) in [6.45, 7) is 1.18. The van der Waals surface area contributed by atoms with E-state index in [4.69, 9.17) is 37.4 Å². The summed E-state index contributed by atoms with van der Waals surface area (Å²) in [5, 5.41) is 0. The molecule has 152 valence electrons. The molecule has 0 fully saturated rings. The van der Waals surface area contributed by atoms with Crippen molar-refractivity contribution in [1.82, 2.24) is 0 Å². The van der Waals surface area contributed by atoms with E-state index in [1.807, 2.05) is 0 Å². The minimum absolute atomic E-state index is 0.155. The highest BCUT2D eigenvalue weighted by atomic mass is 35.5. The third-order valence-corrected chi connectivity index (χ3v) is 3.88. The lowest BCUT2D eigenvalue weighted by Crippen LogP contribution is -2.05. The molecule has 0 aliphatic carbocycles. The third-order valence-electron chi connectivity index (χ3n) is 3.57. The molecule has 0 unspecified atom stereocenters. The number of rotatable bonds is 10. The van der Waals surface area contributed by atoms with Crippen molar-refractivity contribution >= 4 is 23.2 Å². The van der Waals surface area contributed by atoms with E-state index < -0.39 is 11.7 Å². The van der Waals surface area contributed by atoms with Crippen LogP contribution >= 0.6 is 23.2 Å². The normalized spacial score (nSPS) is 11.0. The summed E-state index contributed by atoms with van der Waals surface area (Å²) in [6, 6.07) is 11.8. The molecule has 0 spiro atoms. The van der Waals surface area contributed by atoms with Gasteiger partial charge in [-0.05, 0) is 67.4 Å². The summed E-state index contributed by atoms with van der Waals surface area (Å²) in [5.74, 6) is 1.79. The molecule has 2 aromatic rings. The van der Waals surface area contributed by atoms with Crippen molar-refractivity contribution in [2.24, 2.45) is 0 Å². The molecule has 0 heterocycles. The van der Waals surface area contributed by atoms with Gasteiger partial charge < -0.3 is 14.2 Å². The van der Waals surface area contributed by atoms with Crippen molar-refractivity contribution in [3.63, 3.8) is 0 Å². The molecule has 3 nitrogen and oxygen atoms in total. The maximum absolute atomic E-state index is 12.5. The van der Waals surface area contributed by atoms with Gasteiger partial charge in [0.15, 0.2) is 0 Å². The van der Waals surface area contributed by atoms with Crippen molar-refractivity contribution < 1.29 is 27.4 Å². The van der Waals surface area contributed by atoms with Crippen LogP contribution in [0.4, 0.5) is 13.2 Å². The summed E-state index contributed by atoms with van der Waals surface area (Å²) in [4.78, 5) is 0. The molecule has 0 amide bonds. The highest BCUT2D eigenvalue weighted by molar-refractivity contribution is 6.55. The predicted octanol–water partition coefficient (Wildman–Crippen LogP) is 6.64. The van der Waals surface area contributed by atoms with E-state index in [2.05, 4.69) is 0 Å². The van der Waals surface area contributed by atoms with Crippen LogP contribution in [0.1, 0.15) is 18.4 Å². The molecule has 0 N–H and O–H groups in total. The van der Waals surface area contributed by atoms with Crippen LogP contribution in [-0.4, -0.2) is 19.8 Å². The lowest BCUT2D eigenvalue weighted by Gasteiger charge is -2.10. The second kappa shape index (κ2) is 11.1. The number of benzene rings is 2. The van der Waals surface area contributed by atoms with E-state index in [1.165, 1.54) is 12.1 Å². The molecule has 0 saturated heterocycles. The SMILES string of the molecule is FC(F)(F)c1ccc(OCCCCOc2ccc(OCC=C(Cl)Cl)cc2)cc1. The van der Waals surface area contributed by atoms with Gasteiger partial charge in [-0.2, -0.15) is 13.2 Å². The fourth-order valence-corrected chi connectivity index (χ4v) is 2.28. The first-order chi connectivity index (χ1) is 13.3. The number of alkyl halides is 3. The van der Waals surface area contributed by atoms with Gasteiger partial charge in [-0.15, -0.1) is 0 Å². The van der Waals surface area contributed by atoms with Gasteiger partial charge in [0, 0.05) is 0 Å². The molecule has 0 atom stereocenters. The monoisotopic (exact) mass is 434 g/mol. The molecule has 2 rings (SSSR count). The molecular formula is C20H19Cl2F3O3. The fraction of sp³-hybridized carbons (Fsp3) is 0.300. The lowest BCUT2D eigenvalue weighted by atomic mass is 10.2. The fourth-order valence-electron chi connectivity index (χ4n) is 2.16.